The zero-order valence-electron chi connectivity index (χ0n) is 11.7. The third-order valence-electron chi connectivity index (χ3n) is 3.51. The molecule has 2 heterocycles. The van der Waals surface area contributed by atoms with E-state index in [1.807, 2.05) is 40.6 Å². The second-order valence-corrected chi connectivity index (χ2v) is 5.92. The Morgan fingerprint density at radius 3 is 2.77 bits per heavy atom. The van der Waals surface area contributed by atoms with Gasteiger partial charge in [-0.2, -0.15) is 0 Å². The van der Waals surface area contributed by atoms with Crippen molar-refractivity contribution < 1.29 is 14.8 Å². The van der Waals surface area contributed by atoms with Crippen LogP contribution in [0.25, 0.3) is 6.08 Å². The van der Waals surface area contributed by atoms with Crippen LogP contribution in [-0.4, -0.2) is 21.9 Å². The highest BCUT2D eigenvalue weighted by Crippen LogP contribution is 2.26. The first-order valence-electron chi connectivity index (χ1n) is 6.74. The van der Waals surface area contributed by atoms with Crippen LogP contribution < -0.4 is 5.48 Å². The molecule has 0 saturated heterocycles. The van der Waals surface area contributed by atoms with E-state index in [1.165, 1.54) is 17.4 Å². The summed E-state index contributed by atoms with van der Waals surface area (Å²) in [5, 5.41) is 10.4. The number of benzene rings is 1. The average Bonchev–Trinajstić information content (AvgIpc) is 3.20. The molecule has 0 fully saturated rings. The second kappa shape index (κ2) is 6.13. The predicted molar refractivity (Wildman–Crippen MR) is 83.3 cm³/mol. The zero-order chi connectivity index (χ0) is 15.5. The highest BCUT2D eigenvalue weighted by atomic mass is 32.1. The molecule has 1 aromatic heterocycles. The van der Waals surface area contributed by atoms with Gasteiger partial charge in [-0.05, 0) is 40.3 Å². The van der Waals surface area contributed by atoms with E-state index >= 15 is 0 Å². The van der Waals surface area contributed by atoms with Crippen LogP contribution in [0.4, 0.5) is 0 Å². The molecule has 5 nitrogen and oxygen atoms in total. The quantitative estimate of drug-likeness (QED) is 0.519. The van der Waals surface area contributed by atoms with Crippen LogP contribution in [0.1, 0.15) is 26.4 Å². The van der Waals surface area contributed by atoms with Crippen LogP contribution in [0.2, 0.25) is 0 Å². The highest BCUT2D eigenvalue weighted by Gasteiger charge is 2.24. The minimum atomic E-state index is -0.574. The molecule has 0 bridgehead atoms. The van der Waals surface area contributed by atoms with Gasteiger partial charge in [0.1, 0.15) is 0 Å². The number of amides is 2. The standard InChI is InChI=1S/C16H14N2O3S/c19-15(17-21)6-4-11-3-5-12-9-18(10-13(12)8-11)16(20)14-2-1-7-22-14/h1-8,21H,9-10H2,(H,17,19)/b6-4+. The van der Waals surface area contributed by atoms with Crippen molar-refractivity contribution in [3.05, 3.63) is 63.4 Å². The molecule has 112 valence electrons. The lowest BCUT2D eigenvalue weighted by Gasteiger charge is -2.13. The SMILES string of the molecule is O=C(/C=C/c1ccc2c(c1)CN(C(=O)c1cccs1)C2)NO. The van der Waals surface area contributed by atoms with Gasteiger partial charge in [0.05, 0.1) is 4.88 Å². The van der Waals surface area contributed by atoms with Gasteiger partial charge in [0.25, 0.3) is 11.8 Å². The van der Waals surface area contributed by atoms with Crippen LogP contribution in [0.3, 0.4) is 0 Å². The molecule has 2 amide bonds. The van der Waals surface area contributed by atoms with Gasteiger partial charge >= 0.3 is 0 Å². The van der Waals surface area contributed by atoms with Crippen molar-refractivity contribution in [2.24, 2.45) is 0 Å². The normalized spacial score (nSPS) is 13.4. The Bertz CT molecular complexity index is 738. The number of hydrogen-bond donors (Lipinski definition) is 2. The number of carbonyl (C=O) groups is 2. The lowest BCUT2D eigenvalue weighted by Crippen LogP contribution is -2.24. The molecular formula is C16H14N2O3S. The van der Waals surface area contributed by atoms with Gasteiger partial charge in [-0.3, -0.25) is 14.8 Å². The van der Waals surface area contributed by atoms with E-state index in [4.69, 9.17) is 5.21 Å². The summed E-state index contributed by atoms with van der Waals surface area (Å²) in [7, 11) is 0. The molecule has 0 aliphatic carbocycles. The predicted octanol–water partition coefficient (Wildman–Crippen LogP) is 2.42. The van der Waals surface area contributed by atoms with Gasteiger partial charge in [0.2, 0.25) is 0 Å². The van der Waals surface area contributed by atoms with Crippen LogP contribution in [0.5, 0.6) is 0 Å². The fraction of sp³-hybridized carbons (Fsp3) is 0.125. The first kappa shape index (κ1) is 14.5. The van der Waals surface area contributed by atoms with Crippen LogP contribution in [0.15, 0.2) is 41.8 Å². The molecule has 1 aliphatic rings. The maximum atomic E-state index is 12.4. The molecule has 6 heteroatoms. The van der Waals surface area contributed by atoms with Gasteiger partial charge < -0.3 is 4.90 Å². The molecule has 3 rings (SSSR count). The highest BCUT2D eigenvalue weighted by molar-refractivity contribution is 7.12. The van der Waals surface area contributed by atoms with Crippen LogP contribution >= 0.6 is 11.3 Å². The minimum absolute atomic E-state index is 0.0444. The summed E-state index contributed by atoms with van der Waals surface area (Å²) < 4.78 is 0. The molecular weight excluding hydrogens is 300 g/mol. The van der Waals surface area contributed by atoms with E-state index in [0.29, 0.717) is 13.1 Å². The molecule has 0 atom stereocenters. The summed E-state index contributed by atoms with van der Waals surface area (Å²) in [6.07, 6.45) is 2.88. The van der Waals surface area contributed by atoms with E-state index in [1.54, 1.807) is 11.6 Å². The third-order valence-corrected chi connectivity index (χ3v) is 4.37. The monoisotopic (exact) mass is 314 g/mol. The fourth-order valence-electron chi connectivity index (χ4n) is 2.43. The molecule has 0 saturated carbocycles. The largest absolute Gasteiger partial charge is 0.329 e. The van der Waals surface area contributed by atoms with Crippen molar-refractivity contribution in [1.29, 1.82) is 0 Å². The summed E-state index contributed by atoms with van der Waals surface area (Å²) in [5.74, 6) is -0.530. The number of hydroxylamine groups is 1. The first-order chi connectivity index (χ1) is 10.7. The first-order valence-corrected chi connectivity index (χ1v) is 7.62. The number of nitrogens with one attached hydrogen (secondary N) is 1. The summed E-state index contributed by atoms with van der Waals surface area (Å²) in [6.45, 7) is 1.17. The number of rotatable bonds is 3. The Kier molecular flexibility index (Phi) is 4.04. The van der Waals surface area contributed by atoms with Gasteiger partial charge in [0, 0.05) is 19.2 Å². The Labute approximate surface area is 131 Å². The van der Waals surface area contributed by atoms with E-state index in [9.17, 15) is 9.59 Å². The van der Waals surface area contributed by atoms with E-state index in [0.717, 1.165) is 21.6 Å². The van der Waals surface area contributed by atoms with Gasteiger partial charge in [-0.1, -0.05) is 18.2 Å². The third kappa shape index (κ3) is 2.93. The van der Waals surface area contributed by atoms with Crippen molar-refractivity contribution in [2.45, 2.75) is 13.1 Å². The van der Waals surface area contributed by atoms with Crippen molar-refractivity contribution in [3.8, 4) is 0 Å². The van der Waals surface area contributed by atoms with Gasteiger partial charge in [-0.25, -0.2) is 5.48 Å². The summed E-state index contributed by atoms with van der Waals surface area (Å²) in [5.41, 5.74) is 4.60. The molecule has 0 radical (unpaired) electrons. The van der Waals surface area contributed by atoms with Crippen molar-refractivity contribution in [3.63, 3.8) is 0 Å². The fourth-order valence-corrected chi connectivity index (χ4v) is 3.12. The Balaban J connectivity index is 1.75. The molecule has 0 spiro atoms. The number of thiophene rings is 1. The van der Waals surface area contributed by atoms with Crippen LogP contribution in [0, 0.1) is 0 Å². The second-order valence-electron chi connectivity index (χ2n) is 4.98. The molecule has 0 unspecified atom stereocenters. The smallest absolute Gasteiger partial charge is 0.267 e. The van der Waals surface area contributed by atoms with E-state index in [-0.39, 0.29) is 5.91 Å². The maximum absolute atomic E-state index is 12.4. The van der Waals surface area contributed by atoms with Crippen molar-refractivity contribution in [2.75, 3.05) is 0 Å². The summed E-state index contributed by atoms with van der Waals surface area (Å²) in [4.78, 5) is 25.9. The van der Waals surface area contributed by atoms with Crippen LogP contribution in [-0.2, 0) is 17.9 Å². The Hall–Kier alpha value is -2.44. The number of hydrogen-bond acceptors (Lipinski definition) is 4. The minimum Gasteiger partial charge on any atom is -0.329 e. The summed E-state index contributed by atoms with van der Waals surface area (Å²) >= 11 is 1.44. The average molecular weight is 314 g/mol. The number of fused-ring (bicyclic) bond motifs is 1. The van der Waals surface area contributed by atoms with Crippen molar-refractivity contribution >= 4 is 29.2 Å². The summed E-state index contributed by atoms with van der Waals surface area (Å²) in [6, 6.07) is 9.51. The Morgan fingerprint density at radius 2 is 2.05 bits per heavy atom. The molecule has 22 heavy (non-hydrogen) atoms. The van der Waals surface area contributed by atoms with Gasteiger partial charge in [-0.15, -0.1) is 11.3 Å². The van der Waals surface area contributed by atoms with Crippen molar-refractivity contribution in [1.82, 2.24) is 10.4 Å². The molecule has 1 aliphatic heterocycles. The maximum Gasteiger partial charge on any atom is 0.267 e. The zero-order valence-corrected chi connectivity index (χ0v) is 12.5. The molecule has 1 aromatic carbocycles. The molecule has 2 aromatic rings. The van der Waals surface area contributed by atoms with E-state index in [2.05, 4.69) is 0 Å². The Morgan fingerprint density at radius 1 is 1.23 bits per heavy atom. The molecule has 2 N–H and O–H groups in total. The number of nitrogens with zero attached hydrogens (tertiary/aromatic N) is 1. The van der Waals surface area contributed by atoms with E-state index < -0.39 is 5.91 Å². The topological polar surface area (TPSA) is 69.6 Å². The number of carbonyl (C=O) groups excluding carboxylic acids is 2. The van der Waals surface area contributed by atoms with Gasteiger partial charge in [0.15, 0.2) is 0 Å². The lowest BCUT2D eigenvalue weighted by atomic mass is 10.1. The lowest BCUT2D eigenvalue weighted by molar-refractivity contribution is -0.124.